The number of hydrogen-bond donors (Lipinski definition) is 1. The van der Waals surface area contributed by atoms with Gasteiger partial charge in [-0.3, -0.25) is 4.79 Å². The largest absolute Gasteiger partial charge is 0.350 e. The lowest BCUT2D eigenvalue weighted by atomic mass is 10.2. The van der Waals surface area contributed by atoms with Gasteiger partial charge < -0.3 is 5.32 Å². The van der Waals surface area contributed by atoms with E-state index in [0.717, 1.165) is 4.47 Å². The van der Waals surface area contributed by atoms with Crippen molar-refractivity contribution in [3.8, 4) is 0 Å². The summed E-state index contributed by atoms with van der Waals surface area (Å²) in [5, 5.41) is 2.80. The Morgan fingerprint density at radius 1 is 1.50 bits per heavy atom. The molecule has 14 heavy (non-hydrogen) atoms. The number of nitrogens with one attached hydrogen (secondary N) is 1. The Labute approximate surface area is 99.6 Å². The van der Waals surface area contributed by atoms with Gasteiger partial charge in [-0.1, -0.05) is 0 Å². The second-order valence-corrected chi connectivity index (χ2v) is 4.79. The van der Waals surface area contributed by atoms with E-state index in [0.29, 0.717) is 10.2 Å². The average molecular weight is 322 g/mol. The molecule has 1 N–H and O–H groups in total. The Balaban J connectivity index is 2.94. The normalized spacial score (nSPS) is 10.4. The van der Waals surface area contributed by atoms with Crippen molar-refractivity contribution in [2.24, 2.45) is 0 Å². The van der Waals surface area contributed by atoms with Crippen LogP contribution in [0.4, 0.5) is 0 Å². The lowest BCUT2D eigenvalue weighted by molar-refractivity contribution is 0.0942. The molecular weight excluding hydrogens is 312 g/mol. The first-order chi connectivity index (χ1) is 6.50. The summed E-state index contributed by atoms with van der Waals surface area (Å²) in [6.07, 6.45) is 1.64. The van der Waals surface area contributed by atoms with Crippen LogP contribution in [0.2, 0.25) is 0 Å². The standard InChI is InChI=1S/C9H10Br2N2O/c1-5(2)13-9(14)7-3-6(10)4-12-8(7)11/h3-5H,1-2H3,(H,13,14). The molecule has 0 aliphatic rings. The summed E-state index contributed by atoms with van der Waals surface area (Å²) in [6.45, 7) is 3.83. The Kier molecular flexibility index (Phi) is 4.07. The molecule has 0 aliphatic heterocycles. The molecule has 0 saturated heterocycles. The highest BCUT2D eigenvalue weighted by Gasteiger charge is 2.12. The van der Waals surface area contributed by atoms with Gasteiger partial charge in [-0.25, -0.2) is 4.98 Å². The van der Waals surface area contributed by atoms with Crippen molar-refractivity contribution in [3.63, 3.8) is 0 Å². The van der Waals surface area contributed by atoms with E-state index in [2.05, 4.69) is 42.2 Å². The van der Waals surface area contributed by atoms with Crippen LogP contribution < -0.4 is 5.32 Å². The zero-order valence-electron chi connectivity index (χ0n) is 7.84. The van der Waals surface area contributed by atoms with Gasteiger partial charge >= 0.3 is 0 Å². The molecule has 1 rings (SSSR count). The molecule has 0 bridgehead atoms. The fourth-order valence-electron chi connectivity index (χ4n) is 0.922. The fourth-order valence-corrected chi connectivity index (χ4v) is 1.65. The van der Waals surface area contributed by atoms with Crippen molar-refractivity contribution in [2.45, 2.75) is 19.9 Å². The number of amides is 1. The van der Waals surface area contributed by atoms with E-state index in [9.17, 15) is 4.79 Å². The quantitative estimate of drug-likeness (QED) is 0.851. The van der Waals surface area contributed by atoms with Gasteiger partial charge in [0.25, 0.3) is 5.91 Å². The van der Waals surface area contributed by atoms with Crippen LogP contribution in [0.5, 0.6) is 0 Å². The molecule has 1 aromatic heterocycles. The van der Waals surface area contributed by atoms with Crippen LogP contribution in [0.1, 0.15) is 24.2 Å². The Bertz CT molecular complexity index is 353. The van der Waals surface area contributed by atoms with Crippen LogP contribution >= 0.6 is 31.9 Å². The molecule has 1 amide bonds. The van der Waals surface area contributed by atoms with Crippen molar-refractivity contribution < 1.29 is 4.79 Å². The molecule has 3 nitrogen and oxygen atoms in total. The van der Waals surface area contributed by atoms with Gasteiger partial charge in [-0.2, -0.15) is 0 Å². The van der Waals surface area contributed by atoms with E-state index in [1.807, 2.05) is 13.8 Å². The molecule has 0 fully saturated rings. The van der Waals surface area contributed by atoms with Gasteiger partial charge in [0.2, 0.25) is 0 Å². The van der Waals surface area contributed by atoms with Gasteiger partial charge in [0.05, 0.1) is 5.56 Å². The van der Waals surface area contributed by atoms with Gasteiger partial charge in [-0.05, 0) is 51.8 Å². The minimum atomic E-state index is -0.124. The first kappa shape index (κ1) is 11.7. The number of halogens is 2. The Morgan fingerprint density at radius 3 is 2.71 bits per heavy atom. The molecule has 0 saturated carbocycles. The lowest BCUT2D eigenvalue weighted by Gasteiger charge is -2.09. The number of carbonyl (C=O) groups excluding carboxylic acids is 1. The zero-order chi connectivity index (χ0) is 10.7. The highest BCUT2D eigenvalue weighted by Crippen LogP contribution is 2.18. The molecule has 76 valence electrons. The van der Waals surface area contributed by atoms with Crippen LogP contribution in [0.15, 0.2) is 21.3 Å². The number of pyridine rings is 1. The SMILES string of the molecule is CC(C)NC(=O)c1cc(Br)cnc1Br. The molecule has 0 aliphatic carbocycles. The third-order valence-electron chi connectivity index (χ3n) is 1.47. The second-order valence-electron chi connectivity index (χ2n) is 3.12. The molecule has 0 radical (unpaired) electrons. The number of nitrogens with zero attached hydrogens (tertiary/aromatic N) is 1. The monoisotopic (exact) mass is 320 g/mol. The van der Waals surface area contributed by atoms with E-state index in [1.54, 1.807) is 12.3 Å². The molecule has 0 aromatic carbocycles. The maximum atomic E-state index is 11.6. The molecule has 0 unspecified atom stereocenters. The van der Waals surface area contributed by atoms with E-state index >= 15 is 0 Å². The van der Waals surface area contributed by atoms with Crippen molar-refractivity contribution in [2.75, 3.05) is 0 Å². The maximum absolute atomic E-state index is 11.6. The van der Waals surface area contributed by atoms with Crippen molar-refractivity contribution in [1.29, 1.82) is 0 Å². The molecule has 5 heteroatoms. The van der Waals surface area contributed by atoms with Crippen LogP contribution in [-0.4, -0.2) is 16.9 Å². The summed E-state index contributed by atoms with van der Waals surface area (Å²) in [5.74, 6) is -0.124. The number of carbonyl (C=O) groups is 1. The van der Waals surface area contributed by atoms with E-state index < -0.39 is 0 Å². The summed E-state index contributed by atoms with van der Waals surface area (Å²) in [4.78, 5) is 15.6. The average Bonchev–Trinajstić information content (AvgIpc) is 2.08. The third-order valence-corrected chi connectivity index (χ3v) is 2.54. The van der Waals surface area contributed by atoms with Crippen LogP contribution in [0, 0.1) is 0 Å². The zero-order valence-corrected chi connectivity index (χ0v) is 11.0. The second kappa shape index (κ2) is 4.89. The molecule has 1 aromatic rings. The Hall–Kier alpha value is -0.420. The minimum Gasteiger partial charge on any atom is -0.350 e. The van der Waals surface area contributed by atoms with Gasteiger partial charge in [0.1, 0.15) is 4.60 Å². The number of hydrogen-bond acceptors (Lipinski definition) is 2. The smallest absolute Gasteiger partial charge is 0.254 e. The van der Waals surface area contributed by atoms with E-state index in [1.165, 1.54) is 0 Å². The number of aromatic nitrogens is 1. The molecular formula is C9H10Br2N2O. The maximum Gasteiger partial charge on any atom is 0.254 e. The predicted octanol–water partition coefficient (Wildman–Crippen LogP) is 2.74. The summed E-state index contributed by atoms with van der Waals surface area (Å²) < 4.78 is 1.34. The Morgan fingerprint density at radius 2 is 2.14 bits per heavy atom. The van der Waals surface area contributed by atoms with E-state index in [-0.39, 0.29) is 11.9 Å². The van der Waals surface area contributed by atoms with Gasteiger partial charge in [0, 0.05) is 16.7 Å². The first-order valence-electron chi connectivity index (χ1n) is 4.12. The lowest BCUT2D eigenvalue weighted by Crippen LogP contribution is -2.30. The summed E-state index contributed by atoms with van der Waals surface area (Å²) in [6, 6.07) is 1.85. The van der Waals surface area contributed by atoms with Crippen molar-refractivity contribution in [1.82, 2.24) is 10.3 Å². The molecule has 0 atom stereocenters. The minimum absolute atomic E-state index is 0.119. The van der Waals surface area contributed by atoms with Crippen molar-refractivity contribution in [3.05, 3.63) is 26.9 Å². The third kappa shape index (κ3) is 3.06. The highest BCUT2D eigenvalue weighted by atomic mass is 79.9. The topological polar surface area (TPSA) is 42.0 Å². The summed E-state index contributed by atoms with van der Waals surface area (Å²) >= 11 is 6.50. The summed E-state index contributed by atoms with van der Waals surface area (Å²) in [7, 11) is 0. The highest BCUT2D eigenvalue weighted by molar-refractivity contribution is 9.11. The van der Waals surface area contributed by atoms with Gasteiger partial charge in [0.15, 0.2) is 0 Å². The van der Waals surface area contributed by atoms with Crippen LogP contribution in [-0.2, 0) is 0 Å². The summed E-state index contributed by atoms with van der Waals surface area (Å²) in [5.41, 5.74) is 0.535. The van der Waals surface area contributed by atoms with Crippen molar-refractivity contribution >= 4 is 37.8 Å². The number of rotatable bonds is 2. The fraction of sp³-hybridized carbons (Fsp3) is 0.333. The molecule has 0 spiro atoms. The predicted molar refractivity (Wildman–Crippen MR) is 62.2 cm³/mol. The van der Waals surface area contributed by atoms with Gasteiger partial charge in [-0.15, -0.1) is 0 Å². The van der Waals surface area contributed by atoms with E-state index in [4.69, 9.17) is 0 Å². The first-order valence-corrected chi connectivity index (χ1v) is 5.71. The van der Waals surface area contributed by atoms with Crippen LogP contribution in [0.3, 0.4) is 0 Å². The van der Waals surface area contributed by atoms with Crippen LogP contribution in [0.25, 0.3) is 0 Å². The molecule has 1 heterocycles.